The molecule has 1 amide bonds. The summed E-state index contributed by atoms with van der Waals surface area (Å²) in [5.74, 6) is -0.538. The molecule has 0 aliphatic rings. The van der Waals surface area contributed by atoms with Gasteiger partial charge in [0, 0.05) is 12.8 Å². The highest BCUT2D eigenvalue weighted by atomic mass is 31.2. The molecule has 436 valence electrons. The largest absolute Gasteiger partial charge is 0.756 e. The second-order valence-corrected chi connectivity index (χ2v) is 24.3. The Labute approximate surface area is 459 Å². The molecule has 0 heterocycles. The van der Waals surface area contributed by atoms with Crippen molar-refractivity contribution in [1.29, 1.82) is 0 Å². The van der Waals surface area contributed by atoms with Crippen molar-refractivity contribution >= 4 is 19.7 Å². The minimum Gasteiger partial charge on any atom is -0.756 e. The second-order valence-electron chi connectivity index (χ2n) is 22.9. The first kappa shape index (κ1) is 72.2. The summed E-state index contributed by atoms with van der Waals surface area (Å²) in [5, 5.41) is 3.02. The molecule has 10 heteroatoms. The Hall–Kier alpha value is -1.77. The number of esters is 1. The van der Waals surface area contributed by atoms with E-state index >= 15 is 0 Å². The monoisotopic (exact) mass is 1060 g/mol. The number of ether oxygens (including phenoxy) is 1. The van der Waals surface area contributed by atoms with E-state index in [0.29, 0.717) is 17.4 Å². The first-order valence-electron chi connectivity index (χ1n) is 31.8. The van der Waals surface area contributed by atoms with E-state index in [-0.39, 0.29) is 31.5 Å². The molecule has 0 bridgehead atoms. The lowest BCUT2D eigenvalue weighted by atomic mass is 10.0. The molecule has 0 rings (SSSR count). The van der Waals surface area contributed by atoms with Crippen LogP contribution in [-0.2, 0) is 27.9 Å². The number of nitrogens with one attached hydrogen (secondary N) is 1. The maximum atomic E-state index is 13.5. The summed E-state index contributed by atoms with van der Waals surface area (Å²) in [5.41, 5.74) is 0. The Morgan fingerprint density at radius 2 is 0.865 bits per heavy atom. The molecule has 3 unspecified atom stereocenters. The van der Waals surface area contributed by atoms with Gasteiger partial charge in [0.2, 0.25) is 5.91 Å². The molecular formula is C64H123N2O7P. The number of nitrogens with zero attached hydrogens (tertiary/aromatic N) is 1. The van der Waals surface area contributed by atoms with Crippen molar-refractivity contribution in [2.24, 2.45) is 0 Å². The summed E-state index contributed by atoms with van der Waals surface area (Å²) in [7, 11) is 1.19. The number of phosphoric acid groups is 1. The molecule has 0 aliphatic carbocycles. The van der Waals surface area contributed by atoms with Gasteiger partial charge in [-0.1, -0.05) is 276 Å². The van der Waals surface area contributed by atoms with Gasteiger partial charge in [0.1, 0.15) is 19.3 Å². The number of carbonyl (C=O) groups is 2. The van der Waals surface area contributed by atoms with Crippen LogP contribution in [0.3, 0.4) is 0 Å². The Morgan fingerprint density at radius 1 is 0.486 bits per heavy atom. The number of amides is 1. The number of carbonyl (C=O) groups excluding carboxylic acids is 2. The number of rotatable bonds is 58. The van der Waals surface area contributed by atoms with Crippen molar-refractivity contribution in [3.05, 3.63) is 36.5 Å². The Kier molecular flexibility index (Phi) is 53.3. The summed E-state index contributed by atoms with van der Waals surface area (Å²) < 4.78 is 30.3. The molecule has 1 N–H and O–H groups in total. The SMILES string of the molecule is CC/C=C/C/C=C/CCCCCCCCCC(=O)NC(COP(=O)([O-])OCC[N+](C)(C)C)C(/C=C\CCCCCCCCCCC)OC(=O)CCCCCCCCCCCCCCCCCCCCCCCCC. The standard InChI is InChI=1S/C64H123N2O7P/c1-7-10-13-16-19-22-25-27-29-30-31-32-33-34-35-36-37-39-42-45-48-51-54-57-64(68)73-62(55-52-49-46-43-40-24-21-18-15-12-9-3)61(60-72-74(69,70)71-59-58-66(4,5)6)65-63(67)56-53-50-47-44-41-38-28-26-23-20-17-14-11-8-2/h11,14,20,23,52,55,61-62H,7-10,12-13,15-19,21-22,24-51,53-54,56-60H2,1-6H3,(H-,65,67,69,70)/b14-11+,23-20+,55-52-. The molecule has 74 heavy (non-hydrogen) atoms. The van der Waals surface area contributed by atoms with Crippen LogP contribution in [0.2, 0.25) is 0 Å². The van der Waals surface area contributed by atoms with Gasteiger partial charge in [-0.15, -0.1) is 0 Å². The highest BCUT2D eigenvalue weighted by molar-refractivity contribution is 7.45. The summed E-state index contributed by atoms with van der Waals surface area (Å²) in [6, 6.07) is -0.888. The van der Waals surface area contributed by atoms with E-state index < -0.39 is 20.0 Å². The minimum absolute atomic E-state index is 0.0219. The smallest absolute Gasteiger partial charge is 0.306 e. The molecule has 0 aromatic heterocycles. The molecule has 0 saturated carbocycles. The van der Waals surface area contributed by atoms with Crippen LogP contribution in [0.15, 0.2) is 36.5 Å². The lowest BCUT2D eigenvalue weighted by Crippen LogP contribution is -2.47. The Balaban J connectivity index is 5.07. The van der Waals surface area contributed by atoms with Crippen molar-refractivity contribution < 1.29 is 37.3 Å². The third kappa shape index (κ3) is 55.0. The molecule has 0 spiro atoms. The highest BCUT2D eigenvalue weighted by Crippen LogP contribution is 2.38. The Morgan fingerprint density at radius 3 is 1.28 bits per heavy atom. The van der Waals surface area contributed by atoms with Gasteiger partial charge in [-0.2, -0.15) is 0 Å². The summed E-state index contributed by atoms with van der Waals surface area (Å²) in [4.78, 5) is 39.9. The summed E-state index contributed by atoms with van der Waals surface area (Å²) in [6.45, 7) is 6.76. The number of unbranched alkanes of at least 4 members (excludes halogenated alkanes) is 38. The van der Waals surface area contributed by atoms with Crippen LogP contribution >= 0.6 is 7.82 Å². The number of hydrogen-bond donors (Lipinski definition) is 1. The first-order valence-corrected chi connectivity index (χ1v) is 33.3. The van der Waals surface area contributed by atoms with Gasteiger partial charge in [-0.05, 0) is 57.4 Å². The van der Waals surface area contributed by atoms with Crippen LogP contribution in [0.25, 0.3) is 0 Å². The van der Waals surface area contributed by atoms with Crippen molar-refractivity contribution in [2.45, 2.75) is 322 Å². The predicted molar refractivity (Wildman–Crippen MR) is 316 cm³/mol. The Bertz CT molecular complexity index is 1360. The topological polar surface area (TPSA) is 114 Å². The molecule has 0 fully saturated rings. The van der Waals surface area contributed by atoms with Crippen LogP contribution in [0.5, 0.6) is 0 Å². The van der Waals surface area contributed by atoms with E-state index in [9.17, 15) is 19.0 Å². The summed E-state index contributed by atoms with van der Waals surface area (Å²) in [6.07, 6.45) is 65.5. The fourth-order valence-electron chi connectivity index (χ4n) is 9.44. The molecule has 0 aromatic rings. The van der Waals surface area contributed by atoms with E-state index in [1.165, 1.54) is 193 Å². The van der Waals surface area contributed by atoms with Crippen molar-refractivity contribution in [3.8, 4) is 0 Å². The third-order valence-electron chi connectivity index (χ3n) is 14.3. The van der Waals surface area contributed by atoms with Crippen LogP contribution in [-0.4, -0.2) is 69.4 Å². The quantitative estimate of drug-likeness (QED) is 0.0212. The van der Waals surface area contributed by atoms with Crippen LogP contribution < -0.4 is 10.2 Å². The lowest BCUT2D eigenvalue weighted by Gasteiger charge is -2.30. The van der Waals surface area contributed by atoms with E-state index in [1.807, 2.05) is 33.3 Å². The van der Waals surface area contributed by atoms with E-state index in [0.717, 1.165) is 83.5 Å². The number of quaternary nitrogens is 1. The van der Waals surface area contributed by atoms with Gasteiger partial charge >= 0.3 is 5.97 Å². The number of allylic oxidation sites excluding steroid dienone is 5. The van der Waals surface area contributed by atoms with Gasteiger partial charge in [-0.3, -0.25) is 14.2 Å². The molecule has 0 saturated heterocycles. The van der Waals surface area contributed by atoms with Crippen molar-refractivity contribution in [2.75, 3.05) is 40.9 Å². The molecule has 0 aliphatic heterocycles. The average molecular weight is 1060 g/mol. The van der Waals surface area contributed by atoms with Gasteiger partial charge in [0.05, 0.1) is 33.8 Å². The number of phosphoric ester groups is 1. The van der Waals surface area contributed by atoms with Crippen molar-refractivity contribution in [1.82, 2.24) is 5.32 Å². The normalized spacial score (nSPS) is 13.9. The van der Waals surface area contributed by atoms with Gasteiger partial charge in [0.15, 0.2) is 0 Å². The molecule has 0 radical (unpaired) electrons. The van der Waals surface area contributed by atoms with Crippen LogP contribution in [0.1, 0.15) is 310 Å². The molecule has 3 atom stereocenters. The van der Waals surface area contributed by atoms with Crippen LogP contribution in [0.4, 0.5) is 0 Å². The number of likely N-dealkylation sites (N-methyl/N-ethyl adjacent to an activating group) is 1. The zero-order valence-electron chi connectivity index (χ0n) is 49.8. The zero-order valence-corrected chi connectivity index (χ0v) is 50.7. The van der Waals surface area contributed by atoms with Gasteiger partial charge in [0.25, 0.3) is 7.82 Å². The van der Waals surface area contributed by atoms with Gasteiger partial charge in [-0.25, -0.2) is 0 Å². The average Bonchev–Trinajstić information content (AvgIpc) is 3.36. The third-order valence-corrected chi connectivity index (χ3v) is 15.3. The fourth-order valence-corrected chi connectivity index (χ4v) is 10.2. The van der Waals surface area contributed by atoms with E-state index in [1.54, 1.807) is 0 Å². The predicted octanol–water partition coefficient (Wildman–Crippen LogP) is 18.9. The maximum absolute atomic E-state index is 13.5. The zero-order chi connectivity index (χ0) is 54.3. The molecule has 0 aromatic carbocycles. The minimum atomic E-state index is -4.69. The molecular weight excluding hydrogens is 940 g/mol. The lowest BCUT2D eigenvalue weighted by molar-refractivity contribution is -0.870. The first-order chi connectivity index (χ1) is 35.9. The fraction of sp³-hybridized carbons (Fsp3) is 0.875. The van der Waals surface area contributed by atoms with E-state index in [2.05, 4.69) is 50.4 Å². The summed E-state index contributed by atoms with van der Waals surface area (Å²) >= 11 is 0. The van der Waals surface area contributed by atoms with E-state index in [4.69, 9.17) is 13.8 Å². The second kappa shape index (κ2) is 54.6. The van der Waals surface area contributed by atoms with Gasteiger partial charge < -0.3 is 28.5 Å². The van der Waals surface area contributed by atoms with Crippen molar-refractivity contribution in [3.63, 3.8) is 0 Å². The van der Waals surface area contributed by atoms with Crippen LogP contribution in [0, 0.1) is 0 Å². The molecule has 9 nitrogen and oxygen atoms in total. The highest BCUT2D eigenvalue weighted by Gasteiger charge is 2.27. The maximum Gasteiger partial charge on any atom is 0.306 e. The number of hydrogen-bond acceptors (Lipinski definition) is 7.